The van der Waals surface area contributed by atoms with Crippen LogP contribution >= 0.6 is 0 Å². The number of hydrogen-bond acceptors (Lipinski definition) is 3. The molecule has 0 saturated carbocycles. The van der Waals surface area contributed by atoms with E-state index in [1.165, 1.54) is 0 Å². The molecule has 1 N–H and O–H groups in total. The van der Waals surface area contributed by atoms with Gasteiger partial charge in [0.2, 0.25) is 5.89 Å². The number of fused-ring (bicyclic) bond motifs is 1. The van der Waals surface area contributed by atoms with Crippen molar-refractivity contribution in [3.05, 3.63) is 36.0 Å². The van der Waals surface area contributed by atoms with Gasteiger partial charge in [0.25, 0.3) is 0 Å². The van der Waals surface area contributed by atoms with Gasteiger partial charge in [0.05, 0.1) is 0 Å². The molecule has 15 heavy (non-hydrogen) atoms. The van der Waals surface area contributed by atoms with Gasteiger partial charge in [0.1, 0.15) is 11.2 Å². The predicted molar refractivity (Wildman–Crippen MR) is 56.3 cm³/mol. The molecule has 0 spiro atoms. The summed E-state index contributed by atoms with van der Waals surface area (Å²) in [5.74, 6) is 0.580. The fourth-order valence-electron chi connectivity index (χ4n) is 1.58. The van der Waals surface area contributed by atoms with Crippen molar-refractivity contribution in [3.8, 4) is 11.6 Å². The van der Waals surface area contributed by atoms with Crippen LogP contribution in [0.2, 0.25) is 0 Å². The zero-order valence-electron chi connectivity index (χ0n) is 8.19. The molecule has 4 nitrogen and oxygen atoms in total. The highest BCUT2D eigenvalue weighted by Crippen LogP contribution is 2.24. The molecule has 2 heterocycles. The van der Waals surface area contributed by atoms with Crippen LogP contribution in [0.3, 0.4) is 0 Å². The van der Waals surface area contributed by atoms with E-state index in [0.29, 0.717) is 5.89 Å². The number of hydrogen-bond donors (Lipinski definition) is 1. The van der Waals surface area contributed by atoms with E-state index in [1.54, 1.807) is 6.20 Å². The summed E-state index contributed by atoms with van der Waals surface area (Å²) in [7, 11) is 0. The number of oxazole rings is 1. The van der Waals surface area contributed by atoms with Crippen molar-refractivity contribution in [2.75, 3.05) is 0 Å². The molecule has 74 valence electrons. The Balaban J connectivity index is 2.27. The van der Waals surface area contributed by atoms with E-state index in [4.69, 9.17) is 4.42 Å². The molecule has 0 radical (unpaired) electrons. The lowest BCUT2D eigenvalue weighted by Crippen LogP contribution is -1.77. The van der Waals surface area contributed by atoms with Crippen molar-refractivity contribution in [2.24, 2.45) is 0 Å². The molecular formula is C11H9N3O. The molecule has 0 aliphatic heterocycles. The molecule has 0 saturated heterocycles. The van der Waals surface area contributed by atoms with Crippen molar-refractivity contribution in [1.29, 1.82) is 0 Å². The smallest absolute Gasteiger partial charge is 0.245 e. The van der Waals surface area contributed by atoms with Gasteiger partial charge in [-0.05, 0) is 24.6 Å². The molecule has 3 rings (SSSR count). The first-order valence-electron chi connectivity index (χ1n) is 4.70. The fraction of sp³-hybridized carbons (Fsp3) is 0.0909. The third kappa shape index (κ3) is 1.22. The van der Waals surface area contributed by atoms with E-state index in [1.807, 2.05) is 31.2 Å². The van der Waals surface area contributed by atoms with Gasteiger partial charge in [0.15, 0.2) is 5.58 Å². The normalized spacial score (nSPS) is 11.0. The van der Waals surface area contributed by atoms with Crippen molar-refractivity contribution in [3.63, 3.8) is 0 Å². The van der Waals surface area contributed by atoms with Gasteiger partial charge in [-0.15, -0.1) is 0 Å². The number of H-pyrrole nitrogens is 1. The lowest BCUT2D eigenvalue weighted by atomic mass is 10.2. The molecule has 0 bridgehead atoms. The summed E-state index contributed by atoms with van der Waals surface area (Å²) in [4.78, 5) is 4.42. The lowest BCUT2D eigenvalue weighted by Gasteiger charge is -1.88. The van der Waals surface area contributed by atoms with Crippen molar-refractivity contribution in [2.45, 2.75) is 6.92 Å². The maximum Gasteiger partial charge on any atom is 0.245 e. The van der Waals surface area contributed by atoms with E-state index in [-0.39, 0.29) is 0 Å². The first-order chi connectivity index (χ1) is 7.34. The number of benzene rings is 1. The minimum atomic E-state index is 0.580. The van der Waals surface area contributed by atoms with Crippen molar-refractivity contribution < 1.29 is 4.42 Å². The summed E-state index contributed by atoms with van der Waals surface area (Å²) in [5.41, 5.74) is 3.62. The van der Waals surface area contributed by atoms with Crippen LogP contribution in [0.25, 0.3) is 22.7 Å². The van der Waals surface area contributed by atoms with Crippen molar-refractivity contribution >= 4 is 11.1 Å². The van der Waals surface area contributed by atoms with E-state index in [0.717, 1.165) is 22.4 Å². The van der Waals surface area contributed by atoms with Crippen LogP contribution < -0.4 is 0 Å². The highest BCUT2D eigenvalue weighted by atomic mass is 16.3. The Morgan fingerprint density at radius 3 is 2.93 bits per heavy atom. The standard InChI is InChI=1S/C11H9N3O/c1-7-3-2-4-9-10(7)13-11(15-9)8-5-6-12-14-8/h2-6H,1H3,(H,12,14). The zero-order valence-corrected chi connectivity index (χ0v) is 8.19. The van der Waals surface area contributed by atoms with E-state index < -0.39 is 0 Å². The monoisotopic (exact) mass is 199 g/mol. The molecule has 3 aromatic rings. The Bertz CT molecular complexity index is 595. The van der Waals surface area contributed by atoms with Gasteiger partial charge in [-0.25, -0.2) is 4.98 Å². The molecule has 4 heteroatoms. The van der Waals surface area contributed by atoms with Crippen molar-refractivity contribution in [1.82, 2.24) is 15.2 Å². The number of rotatable bonds is 1. The quantitative estimate of drug-likeness (QED) is 0.655. The second-order valence-corrected chi connectivity index (χ2v) is 3.41. The van der Waals surface area contributed by atoms with E-state index in [2.05, 4.69) is 15.2 Å². The first kappa shape index (κ1) is 8.23. The summed E-state index contributed by atoms with van der Waals surface area (Å²) in [6.07, 6.45) is 1.68. The number of para-hydroxylation sites is 1. The Morgan fingerprint density at radius 1 is 1.27 bits per heavy atom. The van der Waals surface area contributed by atoms with Crippen LogP contribution in [0.1, 0.15) is 5.56 Å². The number of aromatic amines is 1. The van der Waals surface area contributed by atoms with E-state index in [9.17, 15) is 0 Å². The SMILES string of the molecule is Cc1cccc2oc(-c3ccn[nH]3)nc12. The lowest BCUT2D eigenvalue weighted by molar-refractivity contribution is 0.616. The van der Waals surface area contributed by atoms with E-state index >= 15 is 0 Å². The molecule has 0 aliphatic rings. The predicted octanol–water partition coefficient (Wildman–Crippen LogP) is 2.53. The topological polar surface area (TPSA) is 54.7 Å². The van der Waals surface area contributed by atoms with Crippen LogP contribution in [-0.2, 0) is 0 Å². The summed E-state index contributed by atoms with van der Waals surface area (Å²) in [5, 5.41) is 6.69. The number of aromatic nitrogens is 3. The molecule has 0 atom stereocenters. The Kier molecular flexibility index (Phi) is 1.62. The Labute approximate surface area is 85.9 Å². The number of aryl methyl sites for hydroxylation is 1. The van der Waals surface area contributed by atoms with Gasteiger partial charge >= 0.3 is 0 Å². The summed E-state index contributed by atoms with van der Waals surface area (Å²) >= 11 is 0. The van der Waals surface area contributed by atoms with Crippen LogP contribution in [0.4, 0.5) is 0 Å². The summed E-state index contributed by atoms with van der Waals surface area (Å²) < 4.78 is 5.61. The molecule has 1 aromatic carbocycles. The Hall–Kier alpha value is -2.10. The minimum Gasteiger partial charge on any atom is -0.435 e. The molecule has 0 unspecified atom stereocenters. The maximum absolute atomic E-state index is 5.61. The van der Waals surface area contributed by atoms with Crippen LogP contribution in [-0.4, -0.2) is 15.2 Å². The largest absolute Gasteiger partial charge is 0.435 e. The second-order valence-electron chi connectivity index (χ2n) is 3.41. The minimum absolute atomic E-state index is 0.580. The number of nitrogens with zero attached hydrogens (tertiary/aromatic N) is 2. The first-order valence-corrected chi connectivity index (χ1v) is 4.70. The fourth-order valence-corrected chi connectivity index (χ4v) is 1.58. The van der Waals surface area contributed by atoms with Gasteiger partial charge in [-0.3, -0.25) is 5.10 Å². The molecule has 2 aromatic heterocycles. The Morgan fingerprint density at radius 2 is 2.20 bits per heavy atom. The van der Waals surface area contributed by atoms with Gasteiger partial charge in [0, 0.05) is 6.20 Å². The third-order valence-electron chi connectivity index (χ3n) is 2.35. The molecular weight excluding hydrogens is 190 g/mol. The van der Waals surface area contributed by atoms with Crippen LogP contribution in [0.5, 0.6) is 0 Å². The number of nitrogens with one attached hydrogen (secondary N) is 1. The van der Waals surface area contributed by atoms with Gasteiger partial charge < -0.3 is 4.42 Å². The summed E-state index contributed by atoms with van der Waals surface area (Å²) in [6, 6.07) is 7.72. The molecule has 0 aliphatic carbocycles. The second kappa shape index (κ2) is 2.95. The average molecular weight is 199 g/mol. The van der Waals surface area contributed by atoms with Gasteiger partial charge in [-0.1, -0.05) is 12.1 Å². The third-order valence-corrected chi connectivity index (χ3v) is 2.35. The summed E-state index contributed by atoms with van der Waals surface area (Å²) in [6.45, 7) is 2.02. The average Bonchev–Trinajstić information content (AvgIpc) is 2.86. The molecule has 0 fully saturated rings. The van der Waals surface area contributed by atoms with Crippen LogP contribution in [0, 0.1) is 6.92 Å². The van der Waals surface area contributed by atoms with Gasteiger partial charge in [-0.2, -0.15) is 5.10 Å². The zero-order chi connectivity index (χ0) is 10.3. The maximum atomic E-state index is 5.61. The highest BCUT2D eigenvalue weighted by molar-refractivity contribution is 5.78. The van der Waals surface area contributed by atoms with Crippen LogP contribution in [0.15, 0.2) is 34.9 Å². The molecule has 0 amide bonds. The highest BCUT2D eigenvalue weighted by Gasteiger charge is 2.09.